The predicted molar refractivity (Wildman–Crippen MR) is 76.6 cm³/mol. The maximum absolute atomic E-state index is 4.37. The van der Waals surface area contributed by atoms with Crippen molar-refractivity contribution in [1.29, 1.82) is 0 Å². The summed E-state index contributed by atoms with van der Waals surface area (Å²) in [6, 6.07) is 4.84. The van der Waals surface area contributed by atoms with E-state index in [2.05, 4.69) is 39.4 Å². The van der Waals surface area contributed by atoms with Gasteiger partial charge in [-0.05, 0) is 50.9 Å². The number of aryl methyl sites for hydroxylation is 1. The lowest BCUT2D eigenvalue weighted by atomic mass is 10.0. The summed E-state index contributed by atoms with van der Waals surface area (Å²) in [5.74, 6) is 1.17. The van der Waals surface area contributed by atoms with Crippen LogP contribution in [0.3, 0.4) is 0 Å². The average Bonchev–Trinajstić information content (AvgIpc) is 2.87. The van der Waals surface area contributed by atoms with E-state index in [1.165, 1.54) is 30.6 Å². The molecule has 0 saturated carbocycles. The number of likely N-dealkylation sites (N-methyl/N-ethyl adjacent to an activating group) is 1. The Morgan fingerprint density at radius 1 is 1.37 bits per heavy atom. The molecule has 1 aliphatic heterocycles. The number of fused-ring (bicyclic) bond motifs is 1. The fourth-order valence-corrected chi connectivity index (χ4v) is 2.99. The summed E-state index contributed by atoms with van der Waals surface area (Å²) in [5, 5.41) is 7.68. The molecule has 5 nitrogen and oxygen atoms in total. The summed E-state index contributed by atoms with van der Waals surface area (Å²) < 4.78 is 1.96. The Morgan fingerprint density at radius 3 is 3.11 bits per heavy atom. The monoisotopic (exact) mass is 259 g/mol. The van der Waals surface area contributed by atoms with Gasteiger partial charge in [0.25, 0.3) is 0 Å². The largest absolute Gasteiger partial charge is 0.352 e. The quantitative estimate of drug-likeness (QED) is 0.909. The van der Waals surface area contributed by atoms with Crippen LogP contribution in [-0.4, -0.2) is 40.8 Å². The van der Waals surface area contributed by atoms with E-state index in [0.29, 0.717) is 6.04 Å². The number of rotatable bonds is 3. The number of hydrogen-bond acceptors (Lipinski definition) is 4. The van der Waals surface area contributed by atoms with Crippen molar-refractivity contribution >= 4 is 11.5 Å². The molecule has 3 rings (SSSR count). The third-order valence-corrected chi connectivity index (χ3v) is 3.87. The van der Waals surface area contributed by atoms with Crippen molar-refractivity contribution < 1.29 is 0 Å². The lowest BCUT2D eigenvalue weighted by Crippen LogP contribution is -2.45. The fraction of sp³-hybridized carbons (Fsp3) is 0.571. The van der Waals surface area contributed by atoms with Crippen LogP contribution in [0.1, 0.15) is 24.8 Å². The molecule has 0 aromatic carbocycles. The van der Waals surface area contributed by atoms with Crippen molar-refractivity contribution in [3.8, 4) is 0 Å². The molecule has 102 valence electrons. The van der Waals surface area contributed by atoms with E-state index in [9.17, 15) is 0 Å². The van der Waals surface area contributed by atoms with Crippen LogP contribution in [0.25, 0.3) is 5.65 Å². The topological polar surface area (TPSA) is 45.5 Å². The van der Waals surface area contributed by atoms with Crippen LogP contribution >= 0.6 is 0 Å². The molecule has 0 aliphatic carbocycles. The average molecular weight is 259 g/mol. The number of aromatic nitrogens is 3. The number of nitrogens with one attached hydrogen (secondary N) is 1. The number of hydrogen-bond donors (Lipinski definition) is 1. The summed E-state index contributed by atoms with van der Waals surface area (Å²) in [4.78, 5) is 6.80. The van der Waals surface area contributed by atoms with E-state index in [1.54, 1.807) is 6.33 Å². The lowest BCUT2D eigenvalue weighted by Gasteiger charge is -2.37. The molecular weight excluding hydrogens is 238 g/mol. The first kappa shape index (κ1) is 12.4. The molecule has 2 aromatic rings. The maximum Gasteiger partial charge on any atom is 0.157 e. The highest BCUT2D eigenvalue weighted by Gasteiger charge is 2.24. The first-order valence-corrected chi connectivity index (χ1v) is 7.01. The molecule has 1 unspecified atom stereocenters. The molecule has 0 amide bonds. The highest BCUT2D eigenvalue weighted by molar-refractivity contribution is 5.53. The Morgan fingerprint density at radius 2 is 2.26 bits per heavy atom. The van der Waals surface area contributed by atoms with Gasteiger partial charge in [0, 0.05) is 19.1 Å². The molecule has 1 N–H and O–H groups in total. The standard InChI is InChI=1S/C14H21N5/c1-11-7-13-16-10-17-19(13)14(8-11)18-6-4-3-5-12(18)9-15-2/h7-8,10,12,15H,3-6,9H2,1-2H3. The van der Waals surface area contributed by atoms with Crippen molar-refractivity contribution in [3.05, 3.63) is 24.0 Å². The Balaban J connectivity index is 2.03. The van der Waals surface area contributed by atoms with Gasteiger partial charge in [-0.15, -0.1) is 0 Å². The lowest BCUT2D eigenvalue weighted by molar-refractivity contribution is 0.441. The molecule has 19 heavy (non-hydrogen) atoms. The minimum atomic E-state index is 0.549. The predicted octanol–water partition coefficient (Wildman–Crippen LogP) is 1.62. The van der Waals surface area contributed by atoms with Gasteiger partial charge in [-0.2, -0.15) is 9.61 Å². The fourth-order valence-electron chi connectivity index (χ4n) is 2.99. The number of anilines is 1. The molecule has 3 heterocycles. The highest BCUT2D eigenvalue weighted by Crippen LogP contribution is 2.25. The van der Waals surface area contributed by atoms with Gasteiger partial charge in [0.15, 0.2) is 5.65 Å². The van der Waals surface area contributed by atoms with Crippen LogP contribution in [0.5, 0.6) is 0 Å². The van der Waals surface area contributed by atoms with Crippen LogP contribution in [0.2, 0.25) is 0 Å². The third kappa shape index (κ3) is 2.30. The minimum Gasteiger partial charge on any atom is -0.352 e. The SMILES string of the molecule is CNCC1CCCCN1c1cc(C)cc2ncnn12. The van der Waals surface area contributed by atoms with Gasteiger partial charge in [-0.25, -0.2) is 4.98 Å². The zero-order valence-corrected chi connectivity index (χ0v) is 11.6. The molecule has 0 spiro atoms. The van der Waals surface area contributed by atoms with Crippen LogP contribution in [0, 0.1) is 6.92 Å². The van der Waals surface area contributed by atoms with Gasteiger partial charge in [0.05, 0.1) is 0 Å². The summed E-state index contributed by atoms with van der Waals surface area (Å²) in [6.45, 7) is 4.24. The molecule has 0 radical (unpaired) electrons. The molecule has 2 aromatic heterocycles. The molecule has 1 fully saturated rings. The number of pyridine rings is 1. The molecule has 1 atom stereocenters. The Hall–Kier alpha value is -1.62. The Bertz CT molecular complexity index is 560. The number of piperidine rings is 1. The summed E-state index contributed by atoms with van der Waals surface area (Å²) >= 11 is 0. The van der Waals surface area contributed by atoms with E-state index >= 15 is 0 Å². The first-order chi connectivity index (χ1) is 9.29. The van der Waals surface area contributed by atoms with Crippen molar-refractivity contribution in [2.75, 3.05) is 25.0 Å². The Kier molecular flexibility index (Phi) is 3.38. The first-order valence-electron chi connectivity index (χ1n) is 7.01. The van der Waals surface area contributed by atoms with Gasteiger partial charge in [-0.3, -0.25) is 0 Å². The van der Waals surface area contributed by atoms with Crippen molar-refractivity contribution in [2.24, 2.45) is 0 Å². The summed E-state index contributed by atoms with van der Waals surface area (Å²) in [5.41, 5.74) is 2.17. The second-order valence-corrected chi connectivity index (χ2v) is 5.32. The van der Waals surface area contributed by atoms with Gasteiger partial charge in [-0.1, -0.05) is 0 Å². The summed E-state index contributed by atoms with van der Waals surface area (Å²) in [7, 11) is 2.02. The van der Waals surface area contributed by atoms with Crippen molar-refractivity contribution in [3.63, 3.8) is 0 Å². The van der Waals surface area contributed by atoms with Gasteiger partial charge >= 0.3 is 0 Å². The van der Waals surface area contributed by atoms with Crippen molar-refractivity contribution in [2.45, 2.75) is 32.2 Å². The minimum absolute atomic E-state index is 0.549. The van der Waals surface area contributed by atoms with Crippen LogP contribution in [-0.2, 0) is 0 Å². The van der Waals surface area contributed by atoms with Gasteiger partial charge in [0.1, 0.15) is 12.1 Å². The van der Waals surface area contributed by atoms with Gasteiger partial charge in [0.2, 0.25) is 0 Å². The smallest absolute Gasteiger partial charge is 0.157 e. The zero-order valence-electron chi connectivity index (χ0n) is 11.6. The van der Waals surface area contributed by atoms with Crippen LogP contribution in [0.15, 0.2) is 18.5 Å². The molecule has 0 bridgehead atoms. The van der Waals surface area contributed by atoms with Crippen molar-refractivity contribution in [1.82, 2.24) is 19.9 Å². The number of nitrogens with zero attached hydrogens (tertiary/aromatic N) is 4. The second-order valence-electron chi connectivity index (χ2n) is 5.32. The van der Waals surface area contributed by atoms with E-state index < -0.39 is 0 Å². The van der Waals surface area contributed by atoms with E-state index in [-0.39, 0.29) is 0 Å². The molecular formula is C14H21N5. The van der Waals surface area contributed by atoms with Crippen LogP contribution in [0.4, 0.5) is 5.82 Å². The van der Waals surface area contributed by atoms with E-state index in [0.717, 1.165) is 18.7 Å². The van der Waals surface area contributed by atoms with E-state index in [4.69, 9.17) is 0 Å². The molecule has 1 aliphatic rings. The highest BCUT2D eigenvalue weighted by atomic mass is 15.4. The third-order valence-electron chi connectivity index (χ3n) is 3.87. The van der Waals surface area contributed by atoms with E-state index in [1.807, 2.05) is 11.6 Å². The Labute approximate surface area is 113 Å². The summed E-state index contributed by atoms with van der Waals surface area (Å²) in [6.07, 6.45) is 5.44. The van der Waals surface area contributed by atoms with Gasteiger partial charge < -0.3 is 10.2 Å². The van der Waals surface area contributed by atoms with Crippen LogP contribution < -0.4 is 10.2 Å². The molecule has 5 heteroatoms. The molecule has 1 saturated heterocycles. The zero-order chi connectivity index (χ0) is 13.2. The normalized spacial score (nSPS) is 20.1. The maximum atomic E-state index is 4.37. The second kappa shape index (κ2) is 5.17.